The first-order chi connectivity index (χ1) is 6.37. The van der Waals surface area contributed by atoms with Crippen LogP contribution >= 0.6 is 10.7 Å². The third-order valence-corrected chi connectivity index (χ3v) is 6.08. The van der Waals surface area contributed by atoms with Crippen LogP contribution in [0.5, 0.6) is 0 Å². The molecule has 2 aliphatic rings. The van der Waals surface area contributed by atoms with Crippen molar-refractivity contribution < 1.29 is 13.5 Å². The largest absolute Gasteiger partial charge is 0.390 e. The van der Waals surface area contributed by atoms with Crippen LogP contribution in [0, 0.1) is 0 Å². The summed E-state index contributed by atoms with van der Waals surface area (Å²) < 4.78 is 21.8. The molecule has 0 aromatic carbocycles. The van der Waals surface area contributed by atoms with Gasteiger partial charge in [0.15, 0.2) is 0 Å². The fourth-order valence-electron chi connectivity index (χ4n) is 2.46. The van der Waals surface area contributed by atoms with Crippen molar-refractivity contribution in [3.8, 4) is 0 Å². The highest BCUT2D eigenvalue weighted by Gasteiger charge is 2.57. The second kappa shape index (κ2) is 3.09. The van der Waals surface area contributed by atoms with Gasteiger partial charge in [0.1, 0.15) is 0 Å². The van der Waals surface area contributed by atoms with E-state index in [2.05, 4.69) is 0 Å². The summed E-state index contributed by atoms with van der Waals surface area (Å²) in [6, 6.07) is 0. The lowest BCUT2D eigenvalue weighted by Crippen LogP contribution is -2.34. The second-order valence-electron chi connectivity index (χ2n) is 4.73. The minimum atomic E-state index is -3.50. The maximum Gasteiger partial charge on any atom is 0.238 e. The lowest BCUT2D eigenvalue weighted by molar-refractivity contribution is 0.0359. The number of hydrogen-bond acceptors (Lipinski definition) is 3. The molecule has 0 aromatic rings. The van der Waals surface area contributed by atoms with Gasteiger partial charge < -0.3 is 5.11 Å². The minimum absolute atomic E-state index is 0.339. The maximum atomic E-state index is 11.3. The van der Waals surface area contributed by atoms with Gasteiger partial charge in [0.25, 0.3) is 0 Å². The van der Waals surface area contributed by atoms with Gasteiger partial charge in [0, 0.05) is 10.7 Å². The van der Waals surface area contributed by atoms with E-state index in [1.807, 2.05) is 0 Å². The van der Waals surface area contributed by atoms with E-state index >= 15 is 0 Å². The molecule has 0 aliphatic heterocycles. The highest BCUT2D eigenvalue weighted by molar-refractivity contribution is 8.15. The Kier molecular flexibility index (Phi) is 2.37. The average molecular weight is 239 g/mol. The van der Waals surface area contributed by atoms with Crippen LogP contribution in [-0.2, 0) is 9.05 Å². The lowest BCUT2D eigenvalue weighted by atomic mass is 9.95. The Morgan fingerprint density at radius 3 is 2.00 bits per heavy atom. The molecular weight excluding hydrogens is 224 g/mol. The van der Waals surface area contributed by atoms with Gasteiger partial charge in [-0.2, -0.15) is 0 Å². The Morgan fingerprint density at radius 2 is 1.64 bits per heavy atom. The van der Waals surface area contributed by atoms with Gasteiger partial charge in [-0.05, 0) is 32.1 Å². The zero-order valence-corrected chi connectivity index (χ0v) is 9.57. The van der Waals surface area contributed by atoms with E-state index in [0.29, 0.717) is 19.3 Å². The van der Waals surface area contributed by atoms with E-state index < -0.39 is 19.4 Å². The Labute approximate surface area is 88.9 Å². The van der Waals surface area contributed by atoms with E-state index in [4.69, 9.17) is 10.7 Å². The Hall–Kier alpha value is 0.200. The summed E-state index contributed by atoms with van der Waals surface area (Å²) in [5.41, 5.74) is -0.765. The molecule has 0 unspecified atom stereocenters. The van der Waals surface area contributed by atoms with Crippen LogP contribution in [0.15, 0.2) is 0 Å². The van der Waals surface area contributed by atoms with E-state index in [1.165, 1.54) is 0 Å². The fraction of sp³-hybridized carbons (Fsp3) is 1.00. The van der Waals surface area contributed by atoms with Crippen molar-refractivity contribution in [2.45, 2.75) is 55.3 Å². The molecule has 0 radical (unpaired) electrons. The molecule has 2 rings (SSSR count). The second-order valence-corrected chi connectivity index (χ2v) is 7.69. The van der Waals surface area contributed by atoms with Gasteiger partial charge in [0.05, 0.1) is 10.3 Å². The van der Waals surface area contributed by atoms with Crippen LogP contribution in [0.1, 0.15) is 44.9 Å². The fourth-order valence-corrected chi connectivity index (χ4v) is 4.11. The van der Waals surface area contributed by atoms with Crippen molar-refractivity contribution in [3.05, 3.63) is 0 Å². The number of hydrogen-bond donors (Lipinski definition) is 1. The summed E-state index contributed by atoms with van der Waals surface area (Å²) in [4.78, 5) is 0. The summed E-state index contributed by atoms with van der Waals surface area (Å²) in [6.45, 7) is 0. The molecule has 0 bridgehead atoms. The van der Waals surface area contributed by atoms with Crippen molar-refractivity contribution >= 4 is 19.7 Å². The number of aliphatic hydroxyl groups is 1. The SMILES string of the molecule is O=S(=O)(Cl)C1(CC2(O)CCCC2)CC1. The zero-order chi connectivity index (χ0) is 10.4. The summed E-state index contributed by atoms with van der Waals surface area (Å²) in [5.74, 6) is 0. The maximum absolute atomic E-state index is 11.3. The molecule has 0 saturated heterocycles. The van der Waals surface area contributed by atoms with E-state index in [0.717, 1.165) is 25.7 Å². The molecule has 0 heterocycles. The smallest absolute Gasteiger partial charge is 0.238 e. The van der Waals surface area contributed by atoms with E-state index in [-0.39, 0.29) is 0 Å². The molecule has 82 valence electrons. The predicted octanol–water partition coefficient (Wildman–Crippen LogP) is 1.78. The third-order valence-electron chi connectivity index (χ3n) is 3.51. The van der Waals surface area contributed by atoms with Gasteiger partial charge in [-0.15, -0.1) is 0 Å². The summed E-state index contributed by atoms with van der Waals surface area (Å²) in [7, 11) is 1.88. The topological polar surface area (TPSA) is 54.4 Å². The van der Waals surface area contributed by atoms with Gasteiger partial charge in [0.2, 0.25) is 9.05 Å². The highest BCUT2D eigenvalue weighted by atomic mass is 35.7. The Bertz CT molecular complexity index is 326. The molecule has 14 heavy (non-hydrogen) atoms. The zero-order valence-electron chi connectivity index (χ0n) is 8.00. The first kappa shape index (κ1) is 10.7. The molecule has 2 aliphatic carbocycles. The predicted molar refractivity (Wildman–Crippen MR) is 54.8 cm³/mol. The summed E-state index contributed by atoms with van der Waals surface area (Å²) in [5, 5.41) is 10.1. The van der Waals surface area contributed by atoms with Gasteiger partial charge >= 0.3 is 0 Å². The van der Waals surface area contributed by atoms with Crippen LogP contribution in [0.25, 0.3) is 0 Å². The standard InChI is InChI=1S/C9H15ClO3S/c10-14(12,13)9(5-6-9)7-8(11)3-1-2-4-8/h11H,1-7H2. The van der Waals surface area contributed by atoms with Gasteiger partial charge in [-0.1, -0.05) is 12.8 Å². The summed E-state index contributed by atoms with van der Waals surface area (Å²) >= 11 is 0. The number of rotatable bonds is 3. The molecule has 2 saturated carbocycles. The average Bonchev–Trinajstić information content (AvgIpc) is 2.68. The highest BCUT2D eigenvalue weighted by Crippen LogP contribution is 2.53. The molecule has 0 spiro atoms. The number of halogens is 1. The normalized spacial score (nSPS) is 29.0. The van der Waals surface area contributed by atoms with Crippen molar-refractivity contribution in [2.24, 2.45) is 0 Å². The van der Waals surface area contributed by atoms with Crippen molar-refractivity contribution in [1.82, 2.24) is 0 Å². The molecule has 1 N–H and O–H groups in total. The Balaban J connectivity index is 2.11. The van der Waals surface area contributed by atoms with Crippen molar-refractivity contribution in [1.29, 1.82) is 0 Å². The van der Waals surface area contributed by atoms with E-state index in [9.17, 15) is 13.5 Å². The summed E-state index contributed by atoms with van der Waals surface area (Å²) in [6.07, 6.45) is 5.00. The van der Waals surface area contributed by atoms with Gasteiger partial charge in [-0.25, -0.2) is 8.42 Å². The third kappa shape index (κ3) is 1.79. The first-order valence-electron chi connectivity index (χ1n) is 5.04. The molecule has 0 aromatic heterocycles. The van der Waals surface area contributed by atoms with Crippen LogP contribution in [-0.4, -0.2) is 23.9 Å². The molecule has 0 atom stereocenters. The Morgan fingerprint density at radius 1 is 1.14 bits per heavy atom. The van der Waals surface area contributed by atoms with Crippen LogP contribution in [0.2, 0.25) is 0 Å². The van der Waals surface area contributed by atoms with Crippen molar-refractivity contribution in [2.75, 3.05) is 0 Å². The van der Waals surface area contributed by atoms with Crippen molar-refractivity contribution in [3.63, 3.8) is 0 Å². The minimum Gasteiger partial charge on any atom is -0.390 e. The molecule has 0 amide bonds. The first-order valence-corrected chi connectivity index (χ1v) is 7.35. The molecular formula is C9H15ClO3S. The van der Waals surface area contributed by atoms with Crippen LogP contribution in [0.3, 0.4) is 0 Å². The molecule has 2 fully saturated rings. The quantitative estimate of drug-likeness (QED) is 0.763. The van der Waals surface area contributed by atoms with E-state index in [1.54, 1.807) is 0 Å². The lowest BCUT2D eigenvalue weighted by Gasteiger charge is -2.26. The van der Waals surface area contributed by atoms with Crippen LogP contribution in [0.4, 0.5) is 0 Å². The monoisotopic (exact) mass is 238 g/mol. The molecule has 3 nitrogen and oxygen atoms in total. The molecule has 5 heteroatoms. The van der Waals surface area contributed by atoms with Crippen LogP contribution < -0.4 is 0 Å². The van der Waals surface area contributed by atoms with Gasteiger partial charge in [-0.3, -0.25) is 0 Å².